The minimum absolute atomic E-state index is 0.0418. The van der Waals surface area contributed by atoms with Gasteiger partial charge in [0.05, 0.1) is 17.7 Å². The van der Waals surface area contributed by atoms with E-state index in [0.717, 1.165) is 4.31 Å². The summed E-state index contributed by atoms with van der Waals surface area (Å²) in [4.78, 5) is 28.8. The molecule has 0 aromatic heterocycles. The number of rotatable bonds is 13. The molecule has 0 heterocycles. The van der Waals surface area contributed by atoms with Crippen LogP contribution in [0.1, 0.15) is 39.2 Å². The van der Waals surface area contributed by atoms with E-state index >= 15 is 0 Å². The van der Waals surface area contributed by atoms with E-state index in [0.29, 0.717) is 32.8 Å². The molecule has 3 rings (SSSR count). The summed E-state index contributed by atoms with van der Waals surface area (Å²) in [5.41, 5.74) is 0.783. The van der Waals surface area contributed by atoms with Crippen LogP contribution in [0.15, 0.2) is 71.6 Å². The first-order chi connectivity index (χ1) is 19.9. The van der Waals surface area contributed by atoms with Crippen molar-refractivity contribution in [1.82, 2.24) is 10.2 Å². The maximum atomic E-state index is 14.1. The summed E-state index contributed by atoms with van der Waals surface area (Å²) < 4.78 is 34.1. The van der Waals surface area contributed by atoms with Gasteiger partial charge in [0.25, 0.3) is 10.0 Å². The Morgan fingerprint density at radius 1 is 0.905 bits per heavy atom. The quantitative estimate of drug-likeness (QED) is 0.225. The highest BCUT2D eigenvalue weighted by molar-refractivity contribution is 7.92. The van der Waals surface area contributed by atoms with E-state index in [1.807, 2.05) is 13.8 Å². The van der Waals surface area contributed by atoms with E-state index in [2.05, 4.69) is 5.32 Å². The van der Waals surface area contributed by atoms with Gasteiger partial charge < -0.3 is 15.0 Å². The first-order valence-corrected chi connectivity index (χ1v) is 15.9. The summed E-state index contributed by atoms with van der Waals surface area (Å²) >= 11 is 18.6. The molecule has 12 heteroatoms. The fourth-order valence-corrected chi connectivity index (χ4v) is 6.21. The molecule has 0 unspecified atom stereocenters. The first-order valence-electron chi connectivity index (χ1n) is 13.4. The molecule has 0 bridgehead atoms. The lowest BCUT2D eigenvalue weighted by Gasteiger charge is -2.34. The summed E-state index contributed by atoms with van der Waals surface area (Å²) in [5.74, 6) is -0.465. The van der Waals surface area contributed by atoms with Crippen LogP contribution in [0.3, 0.4) is 0 Å². The van der Waals surface area contributed by atoms with Crippen molar-refractivity contribution in [2.75, 3.05) is 18.0 Å². The molecule has 0 saturated heterocycles. The lowest BCUT2D eigenvalue weighted by atomic mass is 10.1. The zero-order chi connectivity index (χ0) is 31.0. The number of ether oxygens (including phenoxy) is 1. The van der Waals surface area contributed by atoms with Crippen molar-refractivity contribution in [1.29, 1.82) is 0 Å². The van der Waals surface area contributed by atoms with Crippen LogP contribution in [0.5, 0.6) is 5.75 Å². The van der Waals surface area contributed by atoms with Crippen LogP contribution in [-0.2, 0) is 26.2 Å². The van der Waals surface area contributed by atoms with Crippen molar-refractivity contribution in [3.05, 3.63) is 87.4 Å². The van der Waals surface area contributed by atoms with Gasteiger partial charge in [0, 0.05) is 27.7 Å². The zero-order valence-electron chi connectivity index (χ0n) is 23.8. The Kier molecular flexibility index (Phi) is 11.9. The van der Waals surface area contributed by atoms with E-state index in [1.165, 1.54) is 60.5 Å². The molecule has 226 valence electrons. The van der Waals surface area contributed by atoms with Gasteiger partial charge in [0.2, 0.25) is 11.8 Å². The van der Waals surface area contributed by atoms with E-state index in [4.69, 9.17) is 39.5 Å². The summed E-state index contributed by atoms with van der Waals surface area (Å²) in [5, 5.41) is 4.08. The van der Waals surface area contributed by atoms with Crippen molar-refractivity contribution in [3.63, 3.8) is 0 Å². The molecule has 0 saturated carbocycles. The Morgan fingerprint density at radius 3 is 2.07 bits per heavy atom. The molecule has 0 aliphatic rings. The average Bonchev–Trinajstić information content (AvgIpc) is 2.97. The van der Waals surface area contributed by atoms with Crippen molar-refractivity contribution in [2.24, 2.45) is 0 Å². The second kappa shape index (κ2) is 15.0. The molecule has 2 atom stereocenters. The van der Waals surface area contributed by atoms with Crippen molar-refractivity contribution in [2.45, 2.75) is 57.1 Å². The number of nitrogens with zero attached hydrogens (tertiary/aromatic N) is 2. The molecular weight excluding hydrogens is 621 g/mol. The van der Waals surface area contributed by atoms with Crippen LogP contribution in [-0.4, -0.2) is 50.9 Å². The molecule has 0 fully saturated rings. The monoisotopic (exact) mass is 653 g/mol. The minimum atomic E-state index is -4.24. The average molecular weight is 655 g/mol. The Morgan fingerprint density at radius 2 is 1.52 bits per heavy atom. The maximum absolute atomic E-state index is 14.1. The highest BCUT2D eigenvalue weighted by atomic mass is 35.5. The number of amides is 2. The van der Waals surface area contributed by atoms with Gasteiger partial charge in [-0.2, -0.15) is 0 Å². The fraction of sp³-hybridized carbons (Fsp3) is 0.333. The second-order valence-corrected chi connectivity index (χ2v) is 12.8. The smallest absolute Gasteiger partial charge is 0.264 e. The molecular formula is C30H34Cl3N3O5S. The molecule has 0 aliphatic carbocycles. The lowest BCUT2D eigenvalue weighted by Crippen LogP contribution is -2.53. The third-order valence-corrected chi connectivity index (χ3v) is 9.41. The molecule has 3 aromatic rings. The molecule has 3 aromatic carbocycles. The first kappa shape index (κ1) is 33.5. The molecule has 8 nitrogen and oxygen atoms in total. The van der Waals surface area contributed by atoms with Gasteiger partial charge in [-0.1, -0.05) is 54.7 Å². The van der Waals surface area contributed by atoms with E-state index < -0.39 is 28.5 Å². The van der Waals surface area contributed by atoms with Crippen molar-refractivity contribution < 1.29 is 22.7 Å². The predicted octanol–water partition coefficient (Wildman–Crippen LogP) is 6.57. The SMILES string of the molecule is CC[C@@H](C)NC(=O)[C@@H](CC)N(Cc1ccc(Cl)cc1Cl)C(=O)CN(c1ccc(Cl)cc1)S(=O)(=O)c1ccc(OC)cc1. The van der Waals surface area contributed by atoms with E-state index in [1.54, 1.807) is 25.1 Å². The number of hydrogen-bond donors (Lipinski definition) is 1. The number of carbonyl (C=O) groups is 2. The summed E-state index contributed by atoms with van der Waals surface area (Å²) in [6.45, 7) is 4.97. The summed E-state index contributed by atoms with van der Waals surface area (Å²) in [6.07, 6.45) is 0.981. The van der Waals surface area contributed by atoms with Gasteiger partial charge in [0.1, 0.15) is 18.3 Å². The number of anilines is 1. The Bertz CT molecular complexity index is 1490. The van der Waals surface area contributed by atoms with Crippen LogP contribution in [0.25, 0.3) is 0 Å². The van der Waals surface area contributed by atoms with Crippen molar-refractivity contribution in [3.8, 4) is 5.75 Å². The van der Waals surface area contributed by atoms with E-state index in [-0.39, 0.29) is 35.5 Å². The van der Waals surface area contributed by atoms with Gasteiger partial charge in [-0.3, -0.25) is 13.9 Å². The van der Waals surface area contributed by atoms with Crippen LogP contribution in [0.4, 0.5) is 5.69 Å². The standard InChI is InChI=1S/C30H34Cl3N3O5S/c1-5-20(3)34-30(38)28(6-2)35(18-21-7-8-23(32)17-27(21)33)29(37)19-36(24-11-9-22(31)10-12-24)42(39,40)26-15-13-25(41-4)14-16-26/h7-17,20,28H,5-6,18-19H2,1-4H3,(H,34,38)/t20-,28-/m1/s1. The number of benzene rings is 3. The highest BCUT2D eigenvalue weighted by Gasteiger charge is 2.34. The molecule has 2 amide bonds. The van der Waals surface area contributed by atoms with Gasteiger partial charge in [-0.05, 0) is 86.0 Å². The Hall–Kier alpha value is -2.98. The van der Waals surface area contributed by atoms with Crippen LogP contribution >= 0.6 is 34.8 Å². The van der Waals surface area contributed by atoms with Crippen LogP contribution in [0.2, 0.25) is 15.1 Å². The number of methoxy groups -OCH3 is 1. The van der Waals surface area contributed by atoms with E-state index in [9.17, 15) is 18.0 Å². The van der Waals surface area contributed by atoms with Gasteiger partial charge in [0.15, 0.2) is 0 Å². The van der Waals surface area contributed by atoms with Crippen molar-refractivity contribution >= 4 is 62.3 Å². The Labute approximate surface area is 262 Å². The number of nitrogens with one attached hydrogen (secondary N) is 1. The molecule has 0 spiro atoms. The minimum Gasteiger partial charge on any atom is -0.497 e. The van der Waals surface area contributed by atoms with Crippen LogP contribution < -0.4 is 14.4 Å². The molecule has 1 N–H and O–H groups in total. The lowest BCUT2D eigenvalue weighted by molar-refractivity contribution is -0.140. The number of carbonyl (C=O) groups excluding carboxylic acids is 2. The number of hydrogen-bond acceptors (Lipinski definition) is 5. The predicted molar refractivity (Wildman–Crippen MR) is 168 cm³/mol. The second-order valence-electron chi connectivity index (χ2n) is 9.66. The summed E-state index contributed by atoms with van der Waals surface area (Å²) in [6, 6.07) is 15.8. The highest BCUT2D eigenvalue weighted by Crippen LogP contribution is 2.28. The zero-order valence-corrected chi connectivity index (χ0v) is 26.9. The van der Waals surface area contributed by atoms with Gasteiger partial charge in [-0.15, -0.1) is 0 Å². The van der Waals surface area contributed by atoms with Gasteiger partial charge >= 0.3 is 0 Å². The molecule has 0 aliphatic heterocycles. The van der Waals surface area contributed by atoms with Crippen LogP contribution in [0, 0.1) is 0 Å². The molecule has 42 heavy (non-hydrogen) atoms. The topological polar surface area (TPSA) is 96.0 Å². The maximum Gasteiger partial charge on any atom is 0.264 e. The third kappa shape index (κ3) is 8.31. The molecule has 0 radical (unpaired) electrons. The largest absolute Gasteiger partial charge is 0.497 e. The Balaban J connectivity index is 2.08. The summed E-state index contributed by atoms with van der Waals surface area (Å²) in [7, 11) is -2.76. The fourth-order valence-electron chi connectivity index (χ4n) is 4.21. The number of halogens is 3. The normalized spacial score (nSPS) is 12.7. The number of sulfonamides is 1. The third-order valence-electron chi connectivity index (χ3n) is 6.78. The van der Waals surface area contributed by atoms with Gasteiger partial charge in [-0.25, -0.2) is 8.42 Å².